The highest BCUT2D eigenvalue weighted by atomic mass is 79.9. The minimum Gasteiger partial charge on any atom is -0.437 e. The molecule has 1 aromatic carbocycles. The van der Waals surface area contributed by atoms with Gasteiger partial charge in [-0.05, 0) is 24.6 Å². The van der Waals surface area contributed by atoms with Crippen LogP contribution >= 0.6 is 27.5 Å². The Kier molecular flexibility index (Phi) is 4.99. The fourth-order valence-electron chi connectivity index (χ4n) is 1.42. The molecule has 0 bridgehead atoms. The van der Waals surface area contributed by atoms with Crippen molar-refractivity contribution in [3.8, 4) is 11.6 Å². The standard InChI is InChI=1S/C13H13BrClN3O/c1-2-5-16-12-7-13(18-8-17-12)19-11-4-3-9(14)6-10(11)15/h3-4,6-8H,2,5H2,1H3,(H,16,17,18). The molecule has 0 unspecified atom stereocenters. The molecule has 0 amide bonds. The lowest BCUT2D eigenvalue weighted by molar-refractivity contribution is 0.462. The van der Waals surface area contributed by atoms with Gasteiger partial charge in [-0.1, -0.05) is 34.5 Å². The van der Waals surface area contributed by atoms with Gasteiger partial charge < -0.3 is 10.1 Å². The summed E-state index contributed by atoms with van der Waals surface area (Å²) in [4.78, 5) is 8.17. The molecule has 1 N–H and O–H groups in total. The lowest BCUT2D eigenvalue weighted by atomic mass is 10.3. The van der Waals surface area contributed by atoms with Crippen molar-refractivity contribution in [3.63, 3.8) is 0 Å². The number of benzene rings is 1. The Morgan fingerprint density at radius 1 is 1.32 bits per heavy atom. The quantitative estimate of drug-likeness (QED) is 0.868. The van der Waals surface area contributed by atoms with Crippen LogP contribution in [0.25, 0.3) is 0 Å². The predicted molar refractivity (Wildman–Crippen MR) is 80.0 cm³/mol. The first-order valence-corrected chi connectivity index (χ1v) is 7.05. The Hall–Kier alpha value is -1.33. The van der Waals surface area contributed by atoms with Gasteiger partial charge in [0.2, 0.25) is 5.88 Å². The van der Waals surface area contributed by atoms with Crippen LogP contribution in [0.5, 0.6) is 11.6 Å². The molecule has 6 heteroatoms. The highest BCUT2D eigenvalue weighted by Gasteiger charge is 2.05. The Morgan fingerprint density at radius 3 is 2.89 bits per heavy atom. The minimum absolute atomic E-state index is 0.456. The molecule has 0 fully saturated rings. The van der Waals surface area contributed by atoms with E-state index in [0.29, 0.717) is 16.7 Å². The van der Waals surface area contributed by atoms with E-state index in [1.165, 1.54) is 6.33 Å². The topological polar surface area (TPSA) is 47.0 Å². The van der Waals surface area contributed by atoms with Crippen LogP contribution in [0.15, 0.2) is 35.1 Å². The molecule has 100 valence electrons. The fraction of sp³-hybridized carbons (Fsp3) is 0.231. The molecule has 19 heavy (non-hydrogen) atoms. The second-order valence-electron chi connectivity index (χ2n) is 3.85. The molecular formula is C13H13BrClN3O. The maximum Gasteiger partial charge on any atom is 0.224 e. The van der Waals surface area contributed by atoms with Crippen LogP contribution in [0.2, 0.25) is 5.02 Å². The number of nitrogens with zero attached hydrogens (tertiary/aromatic N) is 2. The SMILES string of the molecule is CCCNc1cc(Oc2ccc(Br)cc2Cl)ncn1. The molecule has 1 heterocycles. The largest absolute Gasteiger partial charge is 0.437 e. The molecule has 2 rings (SSSR count). The second kappa shape index (κ2) is 6.73. The van der Waals surface area contributed by atoms with Gasteiger partial charge in [0.1, 0.15) is 17.9 Å². The van der Waals surface area contributed by atoms with E-state index in [1.807, 2.05) is 6.07 Å². The summed E-state index contributed by atoms with van der Waals surface area (Å²) in [6.07, 6.45) is 2.48. The monoisotopic (exact) mass is 341 g/mol. The smallest absolute Gasteiger partial charge is 0.224 e. The van der Waals surface area contributed by atoms with Crippen molar-refractivity contribution in [1.29, 1.82) is 0 Å². The second-order valence-corrected chi connectivity index (χ2v) is 5.17. The van der Waals surface area contributed by atoms with Gasteiger partial charge in [-0.15, -0.1) is 0 Å². The maximum absolute atomic E-state index is 6.09. The van der Waals surface area contributed by atoms with Crippen molar-refractivity contribution < 1.29 is 4.74 Å². The van der Waals surface area contributed by atoms with Gasteiger partial charge >= 0.3 is 0 Å². The van der Waals surface area contributed by atoms with Gasteiger partial charge in [-0.25, -0.2) is 9.97 Å². The maximum atomic E-state index is 6.09. The van der Waals surface area contributed by atoms with E-state index in [-0.39, 0.29) is 0 Å². The molecule has 0 aliphatic heterocycles. The first-order valence-electron chi connectivity index (χ1n) is 5.88. The van der Waals surface area contributed by atoms with Crippen molar-refractivity contribution >= 4 is 33.3 Å². The van der Waals surface area contributed by atoms with Gasteiger partial charge in [0.15, 0.2) is 0 Å². The Balaban J connectivity index is 2.14. The van der Waals surface area contributed by atoms with Crippen molar-refractivity contribution in [2.45, 2.75) is 13.3 Å². The van der Waals surface area contributed by atoms with Crippen LogP contribution in [0.3, 0.4) is 0 Å². The van der Waals surface area contributed by atoms with Gasteiger partial charge in [0.25, 0.3) is 0 Å². The zero-order valence-corrected chi connectivity index (χ0v) is 12.7. The normalized spacial score (nSPS) is 10.3. The summed E-state index contributed by atoms with van der Waals surface area (Å²) in [7, 11) is 0. The molecule has 0 saturated heterocycles. The summed E-state index contributed by atoms with van der Waals surface area (Å²) in [6.45, 7) is 2.95. The Bertz CT molecular complexity index is 565. The molecule has 0 atom stereocenters. The van der Waals surface area contributed by atoms with E-state index in [9.17, 15) is 0 Å². The van der Waals surface area contributed by atoms with Crippen molar-refractivity contribution in [2.24, 2.45) is 0 Å². The minimum atomic E-state index is 0.456. The summed E-state index contributed by atoms with van der Waals surface area (Å²) < 4.78 is 6.54. The number of nitrogens with one attached hydrogen (secondary N) is 1. The number of rotatable bonds is 5. The van der Waals surface area contributed by atoms with E-state index in [0.717, 1.165) is 23.3 Å². The molecule has 0 saturated carbocycles. The summed E-state index contributed by atoms with van der Waals surface area (Å²) >= 11 is 9.43. The van der Waals surface area contributed by atoms with Crippen molar-refractivity contribution in [1.82, 2.24) is 9.97 Å². The number of anilines is 1. The number of aromatic nitrogens is 2. The first-order chi connectivity index (χ1) is 9.19. The average molecular weight is 343 g/mol. The molecule has 1 aromatic heterocycles. The van der Waals surface area contributed by atoms with Crippen LogP contribution in [0.4, 0.5) is 5.82 Å². The fourth-order valence-corrected chi connectivity index (χ4v) is 2.13. The van der Waals surface area contributed by atoms with E-state index in [2.05, 4.69) is 38.1 Å². The summed E-state index contributed by atoms with van der Waals surface area (Å²) in [5.41, 5.74) is 0. The molecule has 0 spiro atoms. The molecule has 4 nitrogen and oxygen atoms in total. The van der Waals surface area contributed by atoms with E-state index in [4.69, 9.17) is 16.3 Å². The average Bonchev–Trinajstić information content (AvgIpc) is 2.40. The zero-order chi connectivity index (χ0) is 13.7. The third-order valence-electron chi connectivity index (χ3n) is 2.31. The Labute approximate surface area is 125 Å². The molecule has 0 aliphatic carbocycles. The Morgan fingerprint density at radius 2 is 2.16 bits per heavy atom. The van der Waals surface area contributed by atoms with Gasteiger partial charge in [-0.3, -0.25) is 0 Å². The lowest BCUT2D eigenvalue weighted by Crippen LogP contribution is -2.02. The van der Waals surface area contributed by atoms with Crippen LogP contribution in [-0.2, 0) is 0 Å². The number of hydrogen-bond donors (Lipinski definition) is 1. The van der Waals surface area contributed by atoms with Gasteiger partial charge in [-0.2, -0.15) is 0 Å². The summed E-state index contributed by atoms with van der Waals surface area (Å²) in [6, 6.07) is 7.16. The van der Waals surface area contributed by atoms with Crippen LogP contribution < -0.4 is 10.1 Å². The van der Waals surface area contributed by atoms with Gasteiger partial charge in [0.05, 0.1) is 5.02 Å². The molecule has 2 aromatic rings. The van der Waals surface area contributed by atoms with Gasteiger partial charge in [0, 0.05) is 17.1 Å². The molecule has 0 radical (unpaired) electrons. The van der Waals surface area contributed by atoms with Crippen molar-refractivity contribution in [3.05, 3.63) is 40.1 Å². The van der Waals surface area contributed by atoms with Crippen molar-refractivity contribution in [2.75, 3.05) is 11.9 Å². The highest BCUT2D eigenvalue weighted by molar-refractivity contribution is 9.10. The zero-order valence-electron chi connectivity index (χ0n) is 10.4. The lowest BCUT2D eigenvalue weighted by Gasteiger charge is -2.08. The third kappa shape index (κ3) is 4.08. The molecule has 0 aliphatic rings. The number of halogens is 2. The van der Waals surface area contributed by atoms with Crippen LogP contribution in [0, 0.1) is 0 Å². The van der Waals surface area contributed by atoms with Crippen LogP contribution in [0.1, 0.15) is 13.3 Å². The summed E-state index contributed by atoms with van der Waals surface area (Å²) in [5.74, 6) is 1.75. The first kappa shape index (κ1) is 14.1. The molecular weight excluding hydrogens is 330 g/mol. The third-order valence-corrected chi connectivity index (χ3v) is 3.10. The number of ether oxygens (including phenoxy) is 1. The van der Waals surface area contributed by atoms with Crippen LogP contribution in [-0.4, -0.2) is 16.5 Å². The van der Waals surface area contributed by atoms with E-state index in [1.54, 1.807) is 18.2 Å². The number of hydrogen-bond acceptors (Lipinski definition) is 4. The van der Waals surface area contributed by atoms with E-state index >= 15 is 0 Å². The predicted octanol–water partition coefficient (Wildman–Crippen LogP) is 4.51. The summed E-state index contributed by atoms with van der Waals surface area (Å²) in [5, 5.41) is 3.70. The van der Waals surface area contributed by atoms with E-state index < -0.39 is 0 Å². The highest BCUT2D eigenvalue weighted by Crippen LogP contribution is 2.31.